The zero-order valence-electron chi connectivity index (χ0n) is 10.6. The quantitative estimate of drug-likeness (QED) is 0.807. The summed E-state index contributed by atoms with van der Waals surface area (Å²) in [5, 5.41) is 18.2. The number of nitrogens with zero attached hydrogens (tertiary/aromatic N) is 1. The van der Waals surface area contributed by atoms with E-state index in [-0.39, 0.29) is 22.2 Å². The van der Waals surface area contributed by atoms with Gasteiger partial charge in [-0.1, -0.05) is 18.5 Å². The number of carboxylic acid groups (broad SMARTS) is 1. The third-order valence-electron chi connectivity index (χ3n) is 2.70. The first-order valence-corrected chi connectivity index (χ1v) is 6.27. The van der Waals surface area contributed by atoms with E-state index in [4.69, 9.17) is 16.7 Å². The van der Waals surface area contributed by atoms with Crippen molar-refractivity contribution in [1.29, 1.82) is 0 Å². The molecule has 2 rings (SSSR count). The van der Waals surface area contributed by atoms with Gasteiger partial charge in [0.25, 0.3) is 5.91 Å². The Morgan fingerprint density at radius 1 is 1.40 bits per heavy atom. The molecule has 0 fully saturated rings. The van der Waals surface area contributed by atoms with Crippen LogP contribution in [0.5, 0.6) is 0 Å². The van der Waals surface area contributed by atoms with Crippen molar-refractivity contribution in [3.63, 3.8) is 0 Å². The average Bonchev–Trinajstić information content (AvgIpc) is 2.87. The van der Waals surface area contributed by atoms with Gasteiger partial charge in [0, 0.05) is 11.4 Å². The summed E-state index contributed by atoms with van der Waals surface area (Å²) in [6.45, 7) is 1.94. The van der Waals surface area contributed by atoms with Crippen molar-refractivity contribution in [3.05, 3.63) is 46.2 Å². The standard InChI is InChI=1S/C13H12ClN3O3/c1-2-7-6-11(17-16-7)12(18)15-8-3-4-9(13(19)20)10(14)5-8/h3-6H,2H2,1H3,(H,15,18)(H,16,17)(H,19,20). The second kappa shape index (κ2) is 5.75. The molecule has 0 aliphatic carbocycles. The Morgan fingerprint density at radius 2 is 2.15 bits per heavy atom. The van der Waals surface area contributed by atoms with Crippen molar-refractivity contribution in [2.24, 2.45) is 0 Å². The number of aromatic nitrogens is 2. The maximum atomic E-state index is 11.9. The second-order valence-electron chi connectivity index (χ2n) is 4.09. The van der Waals surface area contributed by atoms with Gasteiger partial charge < -0.3 is 10.4 Å². The Kier molecular flexibility index (Phi) is 4.05. The van der Waals surface area contributed by atoms with Crippen LogP contribution in [0.15, 0.2) is 24.3 Å². The van der Waals surface area contributed by atoms with E-state index in [2.05, 4.69) is 15.5 Å². The van der Waals surface area contributed by atoms with Gasteiger partial charge in [0.05, 0.1) is 10.6 Å². The molecule has 1 heterocycles. The summed E-state index contributed by atoms with van der Waals surface area (Å²) in [4.78, 5) is 22.7. The molecular formula is C13H12ClN3O3. The Morgan fingerprint density at radius 3 is 2.70 bits per heavy atom. The van der Waals surface area contributed by atoms with Gasteiger partial charge in [-0.2, -0.15) is 5.10 Å². The molecule has 0 bridgehead atoms. The Hall–Kier alpha value is -2.34. The van der Waals surface area contributed by atoms with Crippen molar-refractivity contribution in [3.8, 4) is 0 Å². The molecule has 3 N–H and O–H groups in total. The van der Waals surface area contributed by atoms with E-state index in [9.17, 15) is 9.59 Å². The van der Waals surface area contributed by atoms with Crippen LogP contribution >= 0.6 is 11.6 Å². The van der Waals surface area contributed by atoms with Gasteiger partial charge >= 0.3 is 5.97 Å². The molecule has 1 aromatic carbocycles. The van der Waals surface area contributed by atoms with Crippen molar-refractivity contribution in [1.82, 2.24) is 10.2 Å². The molecule has 0 aliphatic heterocycles. The highest BCUT2D eigenvalue weighted by atomic mass is 35.5. The molecule has 104 valence electrons. The van der Waals surface area contributed by atoms with E-state index in [1.807, 2.05) is 6.92 Å². The summed E-state index contributed by atoms with van der Waals surface area (Å²) in [7, 11) is 0. The minimum Gasteiger partial charge on any atom is -0.478 e. The highest BCUT2D eigenvalue weighted by molar-refractivity contribution is 6.33. The Bertz CT molecular complexity index is 667. The maximum Gasteiger partial charge on any atom is 0.337 e. The molecule has 1 amide bonds. The number of aromatic amines is 1. The van der Waals surface area contributed by atoms with Crippen LogP contribution in [0.3, 0.4) is 0 Å². The first kappa shape index (κ1) is 14.1. The van der Waals surface area contributed by atoms with Crippen LogP contribution in [0.1, 0.15) is 33.5 Å². The fourth-order valence-corrected chi connectivity index (χ4v) is 1.88. The molecule has 0 unspecified atom stereocenters. The van der Waals surface area contributed by atoms with E-state index in [1.165, 1.54) is 18.2 Å². The van der Waals surface area contributed by atoms with E-state index in [0.717, 1.165) is 12.1 Å². The topological polar surface area (TPSA) is 95.1 Å². The zero-order valence-corrected chi connectivity index (χ0v) is 11.4. The lowest BCUT2D eigenvalue weighted by Gasteiger charge is -2.05. The van der Waals surface area contributed by atoms with Crippen LogP contribution in [0.2, 0.25) is 5.02 Å². The van der Waals surface area contributed by atoms with Crippen LogP contribution in [0, 0.1) is 0 Å². The highest BCUT2D eigenvalue weighted by Crippen LogP contribution is 2.21. The normalized spacial score (nSPS) is 10.3. The predicted molar refractivity (Wildman–Crippen MR) is 74.3 cm³/mol. The number of anilines is 1. The fraction of sp³-hybridized carbons (Fsp3) is 0.154. The lowest BCUT2D eigenvalue weighted by molar-refractivity contribution is 0.0697. The molecule has 7 heteroatoms. The third-order valence-corrected chi connectivity index (χ3v) is 3.01. The summed E-state index contributed by atoms with van der Waals surface area (Å²) >= 11 is 5.83. The third kappa shape index (κ3) is 2.97. The van der Waals surface area contributed by atoms with Crippen molar-refractivity contribution in [2.75, 3.05) is 5.32 Å². The minimum absolute atomic E-state index is 0.0160. The van der Waals surface area contributed by atoms with Crippen LogP contribution in [-0.4, -0.2) is 27.2 Å². The molecule has 0 saturated carbocycles. The molecule has 0 atom stereocenters. The van der Waals surface area contributed by atoms with Crippen LogP contribution < -0.4 is 5.32 Å². The molecule has 0 spiro atoms. The maximum absolute atomic E-state index is 11.9. The van der Waals surface area contributed by atoms with Crippen molar-refractivity contribution in [2.45, 2.75) is 13.3 Å². The van der Waals surface area contributed by atoms with Crippen molar-refractivity contribution >= 4 is 29.2 Å². The van der Waals surface area contributed by atoms with Gasteiger partial charge in [-0.25, -0.2) is 4.79 Å². The number of H-pyrrole nitrogens is 1. The predicted octanol–water partition coefficient (Wildman–Crippen LogP) is 2.58. The zero-order chi connectivity index (χ0) is 14.7. The summed E-state index contributed by atoms with van der Waals surface area (Å²) < 4.78 is 0. The number of rotatable bonds is 4. The van der Waals surface area contributed by atoms with E-state index >= 15 is 0 Å². The molecule has 20 heavy (non-hydrogen) atoms. The largest absolute Gasteiger partial charge is 0.478 e. The van der Waals surface area contributed by atoms with E-state index < -0.39 is 5.97 Å². The van der Waals surface area contributed by atoms with Crippen LogP contribution in [-0.2, 0) is 6.42 Å². The summed E-state index contributed by atoms with van der Waals surface area (Å²) in [6, 6.07) is 5.85. The fourth-order valence-electron chi connectivity index (χ4n) is 1.62. The number of benzene rings is 1. The molecule has 6 nitrogen and oxygen atoms in total. The number of carbonyl (C=O) groups is 2. The highest BCUT2D eigenvalue weighted by Gasteiger charge is 2.13. The van der Waals surface area contributed by atoms with Crippen molar-refractivity contribution < 1.29 is 14.7 Å². The van der Waals surface area contributed by atoms with Gasteiger partial charge in [-0.05, 0) is 30.7 Å². The van der Waals surface area contributed by atoms with Gasteiger partial charge in [0.1, 0.15) is 0 Å². The molecule has 0 radical (unpaired) electrons. The first-order valence-electron chi connectivity index (χ1n) is 5.89. The van der Waals surface area contributed by atoms with Gasteiger partial charge in [-0.3, -0.25) is 9.89 Å². The van der Waals surface area contributed by atoms with Crippen LogP contribution in [0.25, 0.3) is 0 Å². The van der Waals surface area contributed by atoms with Crippen LogP contribution in [0.4, 0.5) is 5.69 Å². The summed E-state index contributed by atoms with van der Waals surface area (Å²) in [5.41, 5.74) is 1.51. The lowest BCUT2D eigenvalue weighted by Crippen LogP contribution is -2.12. The number of halogens is 1. The van der Waals surface area contributed by atoms with E-state index in [0.29, 0.717) is 5.69 Å². The van der Waals surface area contributed by atoms with Gasteiger partial charge in [0.2, 0.25) is 0 Å². The Labute approximate surface area is 119 Å². The monoisotopic (exact) mass is 293 g/mol. The summed E-state index contributed by atoms with van der Waals surface area (Å²) in [6.07, 6.45) is 0.749. The molecule has 0 aliphatic rings. The number of hydrogen-bond acceptors (Lipinski definition) is 3. The number of carboxylic acids is 1. The smallest absolute Gasteiger partial charge is 0.337 e. The molecule has 2 aromatic rings. The minimum atomic E-state index is -1.12. The van der Waals surface area contributed by atoms with Gasteiger partial charge in [0.15, 0.2) is 5.69 Å². The number of aryl methyl sites for hydroxylation is 1. The number of carbonyl (C=O) groups excluding carboxylic acids is 1. The Balaban J connectivity index is 2.15. The van der Waals surface area contributed by atoms with E-state index in [1.54, 1.807) is 6.07 Å². The molecule has 1 aromatic heterocycles. The average molecular weight is 294 g/mol. The summed E-state index contributed by atoms with van der Waals surface area (Å²) in [5.74, 6) is -1.51. The first-order chi connectivity index (χ1) is 9.51. The lowest BCUT2D eigenvalue weighted by atomic mass is 10.2. The second-order valence-corrected chi connectivity index (χ2v) is 4.49. The molecule has 0 saturated heterocycles. The molecular weight excluding hydrogens is 282 g/mol. The number of aromatic carboxylic acids is 1. The number of hydrogen-bond donors (Lipinski definition) is 3. The SMILES string of the molecule is CCc1cc(C(=O)Nc2ccc(C(=O)O)c(Cl)c2)n[nH]1. The number of amides is 1. The van der Waals surface area contributed by atoms with Gasteiger partial charge in [-0.15, -0.1) is 0 Å². The number of nitrogens with one attached hydrogen (secondary N) is 2.